The number of rotatable bonds is 6. The fraction of sp³-hybridized carbons (Fsp3) is 0.391. The van der Waals surface area contributed by atoms with Crippen molar-refractivity contribution >= 4 is 33.2 Å². The van der Waals surface area contributed by atoms with Crippen LogP contribution in [0.1, 0.15) is 48.0 Å². The molecule has 2 fully saturated rings. The third-order valence-corrected chi connectivity index (χ3v) is 7.76. The van der Waals surface area contributed by atoms with Gasteiger partial charge in [-0.3, -0.25) is 13.9 Å². The Morgan fingerprint density at radius 2 is 1.74 bits per heavy atom. The molecule has 0 radical (unpaired) electrons. The van der Waals surface area contributed by atoms with E-state index in [-0.39, 0.29) is 23.5 Å². The van der Waals surface area contributed by atoms with Gasteiger partial charge in [-0.15, -0.1) is 0 Å². The molecule has 2 aliphatic rings. The highest BCUT2D eigenvalue weighted by atomic mass is 32.2. The molecule has 1 saturated carbocycles. The Kier molecular flexibility index (Phi) is 6.27. The van der Waals surface area contributed by atoms with Crippen LogP contribution in [0.25, 0.3) is 0 Å². The lowest BCUT2D eigenvalue weighted by molar-refractivity contribution is -0.119. The summed E-state index contributed by atoms with van der Waals surface area (Å²) in [5.74, 6) is 0.0898. The normalized spacial score (nSPS) is 18.1. The smallest absolute Gasteiger partial charge is 0.251 e. The highest BCUT2D eigenvalue weighted by Crippen LogP contribution is 2.26. The van der Waals surface area contributed by atoms with E-state index in [0.29, 0.717) is 30.8 Å². The average molecular weight is 442 g/mol. The predicted molar refractivity (Wildman–Crippen MR) is 120 cm³/mol. The Bertz CT molecular complexity index is 1060. The first-order valence-electron chi connectivity index (χ1n) is 10.7. The number of carbonyl (C=O) groups excluding carboxylic acids is 2. The van der Waals surface area contributed by atoms with Gasteiger partial charge in [0, 0.05) is 30.3 Å². The van der Waals surface area contributed by atoms with Gasteiger partial charge in [0.15, 0.2) is 0 Å². The zero-order valence-corrected chi connectivity index (χ0v) is 18.2. The van der Waals surface area contributed by atoms with Crippen LogP contribution in [0.2, 0.25) is 0 Å². The molecule has 0 unspecified atom stereocenters. The molecule has 2 amide bonds. The number of nitrogens with one attached hydrogen (secondary N) is 2. The second-order valence-electron chi connectivity index (χ2n) is 8.14. The number of amides is 2. The molecule has 4 rings (SSSR count). The summed E-state index contributed by atoms with van der Waals surface area (Å²) >= 11 is 0. The van der Waals surface area contributed by atoms with Crippen molar-refractivity contribution < 1.29 is 18.0 Å². The number of sulfonamides is 1. The summed E-state index contributed by atoms with van der Waals surface area (Å²) in [4.78, 5) is 24.8. The van der Waals surface area contributed by atoms with Crippen LogP contribution in [0.5, 0.6) is 0 Å². The Hall–Kier alpha value is -2.87. The van der Waals surface area contributed by atoms with Crippen molar-refractivity contribution in [3.63, 3.8) is 0 Å². The third kappa shape index (κ3) is 5.07. The summed E-state index contributed by atoms with van der Waals surface area (Å²) in [5.41, 5.74) is 2.67. The maximum absolute atomic E-state index is 12.5. The van der Waals surface area contributed by atoms with E-state index < -0.39 is 10.0 Å². The largest absolute Gasteiger partial charge is 0.348 e. The maximum Gasteiger partial charge on any atom is 0.251 e. The van der Waals surface area contributed by atoms with Gasteiger partial charge in [0.2, 0.25) is 15.9 Å². The highest BCUT2D eigenvalue weighted by molar-refractivity contribution is 7.93. The van der Waals surface area contributed by atoms with Crippen molar-refractivity contribution in [1.82, 2.24) is 5.32 Å². The minimum absolute atomic E-state index is 0.0683. The highest BCUT2D eigenvalue weighted by Gasteiger charge is 2.28. The summed E-state index contributed by atoms with van der Waals surface area (Å²) in [6, 6.07) is 14.1. The first-order valence-corrected chi connectivity index (χ1v) is 12.3. The van der Waals surface area contributed by atoms with Gasteiger partial charge < -0.3 is 10.6 Å². The molecule has 0 atom stereocenters. The van der Waals surface area contributed by atoms with Crippen molar-refractivity contribution in [2.75, 3.05) is 21.9 Å². The van der Waals surface area contributed by atoms with Crippen LogP contribution in [0.15, 0.2) is 48.5 Å². The van der Waals surface area contributed by atoms with Gasteiger partial charge in [0.05, 0.1) is 11.4 Å². The van der Waals surface area contributed by atoms with Crippen molar-refractivity contribution in [1.29, 1.82) is 0 Å². The third-order valence-electron chi connectivity index (χ3n) is 5.89. The Morgan fingerprint density at radius 1 is 1.00 bits per heavy atom. The molecule has 7 nitrogen and oxygen atoms in total. The molecule has 1 heterocycles. The van der Waals surface area contributed by atoms with Crippen LogP contribution in [0, 0.1) is 5.92 Å². The van der Waals surface area contributed by atoms with Gasteiger partial charge >= 0.3 is 0 Å². The minimum Gasteiger partial charge on any atom is -0.348 e. The predicted octanol–water partition coefficient (Wildman–Crippen LogP) is 3.29. The molecule has 2 aromatic carbocycles. The second-order valence-corrected chi connectivity index (χ2v) is 10.2. The van der Waals surface area contributed by atoms with Gasteiger partial charge in [-0.05, 0) is 61.2 Å². The fourth-order valence-corrected chi connectivity index (χ4v) is 5.75. The lowest BCUT2D eigenvalue weighted by Crippen LogP contribution is -2.25. The molecule has 0 bridgehead atoms. The Labute approximate surface area is 182 Å². The van der Waals surface area contributed by atoms with E-state index >= 15 is 0 Å². The van der Waals surface area contributed by atoms with Gasteiger partial charge in [0.1, 0.15) is 0 Å². The van der Waals surface area contributed by atoms with E-state index in [4.69, 9.17) is 0 Å². The van der Waals surface area contributed by atoms with Crippen LogP contribution in [0.3, 0.4) is 0 Å². The van der Waals surface area contributed by atoms with Crippen molar-refractivity contribution in [3.8, 4) is 0 Å². The quantitative estimate of drug-likeness (QED) is 0.719. The van der Waals surface area contributed by atoms with Crippen LogP contribution in [-0.4, -0.2) is 32.5 Å². The summed E-state index contributed by atoms with van der Waals surface area (Å²) in [5, 5.41) is 5.85. The number of nitrogens with zero attached hydrogens (tertiary/aromatic N) is 1. The van der Waals surface area contributed by atoms with E-state index in [2.05, 4.69) is 10.6 Å². The SMILES string of the molecule is O=C(NCc1cccc(NC(=O)C2CCCC2)c1)c1ccc(N2CCCS2(=O)=O)cc1. The topological polar surface area (TPSA) is 95.6 Å². The van der Waals surface area contributed by atoms with Crippen molar-refractivity contribution in [3.05, 3.63) is 59.7 Å². The number of hydrogen-bond acceptors (Lipinski definition) is 4. The molecule has 2 N–H and O–H groups in total. The van der Waals surface area contributed by atoms with E-state index in [1.54, 1.807) is 24.3 Å². The first kappa shape index (κ1) is 21.4. The molecule has 2 aromatic rings. The van der Waals surface area contributed by atoms with Crippen LogP contribution >= 0.6 is 0 Å². The number of anilines is 2. The minimum atomic E-state index is -3.24. The molecule has 1 aliphatic carbocycles. The van der Waals surface area contributed by atoms with E-state index in [1.807, 2.05) is 24.3 Å². The van der Waals surface area contributed by atoms with Crippen LogP contribution in [0.4, 0.5) is 11.4 Å². The second kappa shape index (κ2) is 9.09. The van der Waals surface area contributed by atoms with Gasteiger partial charge in [0.25, 0.3) is 5.91 Å². The fourth-order valence-electron chi connectivity index (χ4n) is 4.18. The maximum atomic E-state index is 12.5. The number of carbonyl (C=O) groups is 2. The lowest BCUT2D eigenvalue weighted by Gasteiger charge is -2.17. The van der Waals surface area contributed by atoms with Gasteiger partial charge in [-0.2, -0.15) is 0 Å². The van der Waals surface area contributed by atoms with Crippen molar-refractivity contribution in [2.24, 2.45) is 5.92 Å². The molecular formula is C23H27N3O4S. The number of hydrogen-bond donors (Lipinski definition) is 2. The summed E-state index contributed by atoms with van der Waals surface area (Å²) in [6.07, 6.45) is 4.73. The lowest BCUT2D eigenvalue weighted by atomic mass is 10.1. The summed E-state index contributed by atoms with van der Waals surface area (Å²) in [6.45, 7) is 0.801. The van der Waals surface area contributed by atoms with E-state index in [9.17, 15) is 18.0 Å². The summed E-state index contributed by atoms with van der Waals surface area (Å²) < 4.78 is 25.4. The molecule has 0 spiro atoms. The molecule has 1 aliphatic heterocycles. The molecule has 0 aromatic heterocycles. The monoisotopic (exact) mass is 441 g/mol. The average Bonchev–Trinajstić information content (AvgIpc) is 3.42. The number of benzene rings is 2. The zero-order chi connectivity index (χ0) is 21.8. The molecule has 164 valence electrons. The standard InChI is InChI=1S/C23H27N3O4S/c27-22(19-9-11-21(12-10-19)26-13-4-14-31(26,29)30)24-16-17-5-3-8-20(15-17)25-23(28)18-6-1-2-7-18/h3,5,8-12,15,18H,1-2,4,6-7,13-14,16H2,(H,24,27)(H,25,28). The molecule has 31 heavy (non-hydrogen) atoms. The Morgan fingerprint density at radius 3 is 2.42 bits per heavy atom. The van der Waals surface area contributed by atoms with Gasteiger partial charge in [-0.25, -0.2) is 8.42 Å². The summed E-state index contributed by atoms with van der Waals surface area (Å²) in [7, 11) is -3.24. The van der Waals surface area contributed by atoms with Gasteiger partial charge in [-0.1, -0.05) is 25.0 Å². The van der Waals surface area contributed by atoms with Crippen molar-refractivity contribution in [2.45, 2.75) is 38.6 Å². The zero-order valence-electron chi connectivity index (χ0n) is 17.3. The van der Waals surface area contributed by atoms with E-state index in [0.717, 1.165) is 36.9 Å². The van der Waals surface area contributed by atoms with Crippen LogP contribution in [-0.2, 0) is 21.4 Å². The first-order chi connectivity index (χ1) is 14.9. The van der Waals surface area contributed by atoms with Crippen LogP contribution < -0.4 is 14.9 Å². The Balaban J connectivity index is 1.34. The molecule has 8 heteroatoms. The van der Waals surface area contributed by atoms with E-state index in [1.165, 1.54) is 4.31 Å². The molecule has 1 saturated heterocycles. The molecular weight excluding hydrogens is 414 g/mol.